The lowest BCUT2D eigenvalue weighted by Gasteiger charge is -2.35. The van der Waals surface area contributed by atoms with Gasteiger partial charge in [-0.3, -0.25) is 0 Å². The van der Waals surface area contributed by atoms with Gasteiger partial charge in [-0.2, -0.15) is 0 Å². The largest absolute Gasteiger partial charge is 0.301 e. The van der Waals surface area contributed by atoms with E-state index in [-0.39, 0.29) is 0 Å². The Labute approximate surface area is 83.5 Å². The van der Waals surface area contributed by atoms with Gasteiger partial charge in [-0.25, -0.2) is 0 Å². The van der Waals surface area contributed by atoms with Crippen LogP contribution in [0.25, 0.3) is 0 Å². The van der Waals surface area contributed by atoms with E-state index in [0.29, 0.717) is 5.41 Å². The Balaban J connectivity index is 2.33. The van der Waals surface area contributed by atoms with Crippen LogP contribution in [0, 0.1) is 5.41 Å². The normalized spacial score (nSPS) is 23.1. The number of nitrogens with zero attached hydrogens (tertiary/aromatic N) is 1. The van der Waals surface area contributed by atoms with Gasteiger partial charge < -0.3 is 4.90 Å². The highest BCUT2D eigenvalue weighted by molar-refractivity contribution is 4.76. The van der Waals surface area contributed by atoms with Gasteiger partial charge in [0.2, 0.25) is 0 Å². The molecule has 0 bridgehead atoms. The highest BCUT2D eigenvalue weighted by Crippen LogP contribution is 2.24. The van der Waals surface area contributed by atoms with Crippen LogP contribution >= 0.6 is 0 Å². The number of rotatable bonds is 2. The molecule has 0 saturated carbocycles. The van der Waals surface area contributed by atoms with Gasteiger partial charge in [-0.15, -0.1) is 0 Å². The average molecular weight is 183 g/mol. The molecule has 1 rings (SSSR count). The van der Waals surface area contributed by atoms with Crippen LogP contribution in [0.1, 0.15) is 53.4 Å². The van der Waals surface area contributed by atoms with Crippen molar-refractivity contribution in [3.63, 3.8) is 0 Å². The molecule has 78 valence electrons. The molecule has 0 amide bonds. The molecule has 1 unspecified atom stereocenters. The Morgan fingerprint density at radius 2 is 1.62 bits per heavy atom. The third-order valence-corrected chi connectivity index (χ3v) is 2.92. The molecule has 0 spiro atoms. The highest BCUT2D eigenvalue weighted by Gasteiger charge is 2.21. The van der Waals surface area contributed by atoms with Gasteiger partial charge in [0.25, 0.3) is 0 Å². The molecule has 0 N–H and O–H groups in total. The summed E-state index contributed by atoms with van der Waals surface area (Å²) < 4.78 is 0. The van der Waals surface area contributed by atoms with Crippen molar-refractivity contribution in [3.8, 4) is 0 Å². The summed E-state index contributed by atoms with van der Waals surface area (Å²) in [5, 5.41) is 0. The molecule has 13 heavy (non-hydrogen) atoms. The van der Waals surface area contributed by atoms with Crippen molar-refractivity contribution in [1.29, 1.82) is 0 Å². The lowest BCUT2D eigenvalue weighted by atomic mass is 9.87. The van der Waals surface area contributed by atoms with Crippen LogP contribution in [0.3, 0.4) is 0 Å². The zero-order valence-electron chi connectivity index (χ0n) is 9.77. The SMILES string of the molecule is CC(CC(C)(C)C)N1CCCCC1. The molecule has 0 radical (unpaired) electrons. The molecule has 0 aromatic rings. The molecule has 1 fully saturated rings. The van der Waals surface area contributed by atoms with Gasteiger partial charge in [0, 0.05) is 6.04 Å². The maximum absolute atomic E-state index is 2.66. The van der Waals surface area contributed by atoms with Crippen LogP contribution in [0.5, 0.6) is 0 Å². The van der Waals surface area contributed by atoms with E-state index in [0.717, 1.165) is 6.04 Å². The minimum Gasteiger partial charge on any atom is -0.301 e. The highest BCUT2D eigenvalue weighted by atomic mass is 15.2. The molecule has 1 saturated heterocycles. The van der Waals surface area contributed by atoms with Crippen LogP contribution in [-0.2, 0) is 0 Å². The van der Waals surface area contributed by atoms with Crippen LogP contribution in [-0.4, -0.2) is 24.0 Å². The second-order valence-corrected chi connectivity index (χ2v) is 5.71. The molecule has 0 aliphatic carbocycles. The van der Waals surface area contributed by atoms with E-state index in [1.54, 1.807) is 0 Å². The molecule has 1 nitrogen and oxygen atoms in total. The molecular weight excluding hydrogens is 158 g/mol. The second-order valence-electron chi connectivity index (χ2n) is 5.71. The molecule has 1 heteroatoms. The summed E-state index contributed by atoms with van der Waals surface area (Å²) in [6.07, 6.45) is 5.59. The lowest BCUT2D eigenvalue weighted by molar-refractivity contribution is 0.136. The van der Waals surface area contributed by atoms with Gasteiger partial charge in [0.1, 0.15) is 0 Å². The minimum atomic E-state index is 0.483. The molecule has 0 aromatic carbocycles. The monoisotopic (exact) mass is 183 g/mol. The summed E-state index contributed by atoms with van der Waals surface area (Å²) in [6.45, 7) is 12.1. The Kier molecular flexibility index (Phi) is 3.78. The van der Waals surface area contributed by atoms with Crippen LogP contribution < -0.4 is 0 Å². The number of piperidine rings is 1. The molecule has 1 atom stereocenters. The van der Waals surface area contributed by atoms with Crippen LogP contribution in [0.4, 0.5) is 0 Å². The third kappa shape index (κ3) is 4.12. The fraction of sp³-hybridized carbons (Fsp3) is 1.00. The minimum absolute atomic E-state index is 0.483. The van der Waals surface area contributed by atoms with E-state index in [1.807, 2.05) is 0 Å². The van der Waals surface area contributed by atoms with Crippen molar-refractivity contribution in [3.05, 3.63) is 0 Å². The summed E-state index contributed by atoms with van der Waals surface area (Å²) in [5.74, 6) is 0. The quantitative estimate of drug-likeness (QED) is 0.635. The van der Waals surface area contributed by atoms with Crippen molar-refractivity contribution in [2.45, 2.75) is 59.4 Å². The van der Waals surface area contributed by atoms with E-state index in [9.17, 15) is 0 Å². The fourth-order valence-electron chi connectivity index (χ4n) is 2.37. The topological polar surface area (TPSA) is 3.24 Å². The van der Waals surface area contributed by atoms with Crippen molar-refractivity contribution in [2.24, 2.45) is 5.41 Å². The predicted octanol–water partition coefficient (Wildman–Crippen LogP) is 3.30. The van der Waals surface area contributed by atoms with Crippen molar-refractivity contribution in [1.82, 2.24) is 4.90 Å². The first kappa shape index (κ1) is 11.0. The van der Waals surface area contributed by atoms with E-state index >= 15 is 0 Å². The number of likely N-dealkylation sites (tertiary alicyclic amines) is 1. The molecule has 1 aliphatic heterocycles. The van der Waals surface area contributed by atoms with Crippen LogP contribution in [0.2, 0.25) is 0 Å². The first-order valence-electron chi connectivity index (χ1n) is 5.73. The Bertz CT molecular complexity index is 140. The zero-order chi connectivity index (χ0) is 9.90. The Morgan fingerprint density at radius 3 is 2.08 bits per heavy atom. The Hall–Kier alpha value is -0.0400. The summed E-state index contributed by atoms with van der Waals surface area (Å²) in [6, 6.07) is 0.778. The lowest BCUT2D eigenvalue weighted by Crippen LogP contribution is -2.39. The summed E-state index contributed by atoms with van der Waals surface area (Å²) in [7, 11) is 0. The van der Waals surface area contributed by atoms with Crippen molar-refractivity contribution < 1.29 is 0 Å². The van der Waals surface area contributed by atoms with Gasteiger partial charge in [0.15, 0.2) is 0 Å². The number of hydrogen-bond acceptors (Lipinski definition) is 1. The summed E-state index contributed by atoms with van der Waals surface area (Å²) >= 11 is 0. The molecule has 1 heterocycles. The number of hydrogen-bond donors (Lipinski definition) is 0. The van der Waals surface area contributed by atoms with Crippen LogP contribution in [0.15, 0.2) is 0 Å². The van der Waals surface area contributed by atoms with Gasteiger partial charge in [0.05, 0.1) is 0 Å². The van der Waals surface area contributed by atoms with E-state index in [1.165, 1.54) is 38.8 Å². The standard InChI is InChI=1S/C12H25N/c1-11(10-12(2,3)4)13-8-6-5-7-9-13/h11H,5-10H2,1-4H3. The first-order chi connectivity index (χ1) is 5.99. The molecule has 0 aromatic heterocycles. The van der Waals surface area contributed by atoms with Gasteiger partial charge in [-0.1, -0.05) is 27.2 Å². The summed E-state index contributed by atoms with van der Waals surface area (Å²) in [4.78, 5) is 2.66. The average Bonchev–Trinajstić information content (AvgIpc) is 2.03. The van der Waals surface area contributed by atoms with Gasteiger partial charge >= 0.3 is 0 Å². The molecule has 1 aliphatic rings. The zero-order valence-corrected chi connectivity index (χ0v) is 9.77. The van der Waals surface area contributed by atoms with Crippen molar-refractivity contribution >= 4 is 0 Å². The predicted molar refractivity (Wildman–Crippen MR) is 59.0 cm³/mol. The fourth-order valence-corrected chi connectivity index (χ4v) is 2.37. The maximum atomic E-state index is 2.66. The first-order valence-corrected chi connectivity index (χ1v) is 5.73. The van der Waals surface area contributed by atoms with Gasteiger partial charge in [-0.05, 0) is 44.7 Å². The smallest absolute Gasteiger partial charge is 0.00719 e. The molecular formula is C12H25N. The van der Waals surface area contributed by atoms with E-state index in [2.05, 4.69) is 32.6 Å². The Morgan fingerprint density at radius 1 is 1.08 bits per heavy atom. The maximum Gasteiger partial charge on any atom is 0.00719 e. The third-order valence-electron chi connectivity index (χ3n) is 2.92. The van der Waals surface area contributed by atoms with E-state index in [4.69, 9.17) is 0 Å². The summed E-state index contributed by atoms with van der Waals surface area (Å²) in [5.41, 5.74) is 0.483. The second kappa shape index (κ2) is 4.45. The van der Waals surface area contributed by atoms with E-state index < -0.39 is 0 Å². The van der Waals surface area contributed by atoms with Crippen molar-refractivity contribution in [2.75, 3.05) is 13.1 Å².